The van der Waals surface area contributed by atoms with Crippen LogP contribution in [0.5, 0.6) is 0 Å². The Hall–Kier alpha value is -1.77. The lowest BCUT2D eigenvalue weighted by Gasteiger charge is -2.24. The third-order valence-electron chi connectivity index (χ3n) is 3.60. The largest absolute Gasteiger partial charge is 0.289 e. The van der Waals surface area contributed by atoms with Crippen molar-refractivity contribution < 1.29 is 13.3 Å². The SMILES string of the molecule is CC(c1ccccc1)N(C)S(=O)(=O)c1cc(Br)ccc1[N+](=O)[O-]. The smallest absolute Gasteiger partial charge is 0.258 e. The van der Waals surface area contributed by atoms with Gasteiger partial charge >= 0.3 is 0 Å². The molecule has 23 heavy (non-hydrogen) atoms. The molecule has 0 heterocycles. The van der Waals surface area contributed by atoms with Crippen LogP contribution in [-0.4, -0.2) is 24.7 Å². The number of benzene rings is 2. The third kappa shape index (κ3) is 3.60. The van der Waals surface area contributed by atoms with E-state index in [2.05, 4.69) is 15.9 Å². The summed E-state index contributed by atoms with van der Waals surface area (Å²) in [6, 6.07) is 12.5. The molecule has 6 nitrogen and oxygen atoms in total. The summed E-state index contributed by atoms with van der Waals surface area (Å²) in [4.78, 5) is 10.1. The first-order valence-electron chi connectivity index (χ1n) is 6.72. The first-order chi connectivity index (χ1) is 10.7. The average Bonchev–Trinajstić information content (AvgIpc) is 2.53. The Morgan fingerprint density at radius 2 is 1.78 bits per heavy atom. The predicted octanol–water partition coefficient (Wildman–Crippen LogP) is 3.74. The fraction of sp³-hybridized carbons (Fsp3) is 0.200. The topological polar surface area (TPSA) is 80.5 Å². The first kappa shape index (κ1) is 17.6. The summed E-state index contributed by atoms with van der Waals surface area (Å²) in [6.45, 7) is 1.73. The maximum Gasteiger partial charge on any atom is 0.289 e. The van der Waals surface area contributed by atoms with Gasteiger partial charge in [0, 0.05) is 23.6 Å². The van der Waals surface area contributed by atoms with Gasteiger partial charge in [0.05, 0.1) is 4.92 Å². The molecular formula is C15H15BrN2O4S. The second kappa shape index (κ2) is 6.77. The molecule has 2 aromatic rings. The Bertz CT molecular complexity index is 825. The highest BCUT2D eigenvalue weighted by molar-refractivity contribution is 9.10. The number of rotatable bonds is 5. The van der Waals surface area contributed by atoms with Gasteiger partial charge in [-0.3, -0.25) is 10.1 Å². The van der Waals surface area contributed by atoms with Crippen LogP contribution in [0.15, 0.2) is 57.9 Å². The minimum atomic E-state index is -4.02. The van der Waals surface area contributed by atoms with Crippen LogP contribution in [0.2, 0.25) is 0 Å². The fourth-order valence-corrected chi connectivity index (χ4v) is 4.19. The number of sulfonamides is 1. The molecule has 0 aromatic heterocycles. The Kier molecular flexibility index (Phi) is 5.18. The Labute approximate surface area is 143 Å². The summed E-state index contributed by atoms with van der Waals surface area (Å²) in [5.41, 5.74) is 0.358. The third-order valence-corrected chi connectivity index (χ3v) is 6.05. The van der Waals surface area contributed by atoms with Crippen LogP contribution in [0.3, 0.4) is 0 Å². The molecule has 122 valence electrons. The lowest BCUT2D eigenvalue weighted by molar-refractivity contribution is -0.387. The van der Waals surface area contributed by atoms with Crippen molar-refractivity contribution in [3.63, 3.8) is 0 Å². The fourth-order valence-electron chi connectivity index (χ4n) is 2.15. The van der Waals surface area contributed by atoms with E-state index in [0.717, 1.165) is 9.87 Å². The molecule has 0 fully saturated rings. The van der Waals surface area contributed by atoms with E-state index in [1.54, 1.807) is 6.92 Å². The van der Waals surface area contributed by atoms with E-state index < -0.39 is 26.7 Å². The van der Waals surface area contributed by atoms with E-state index in [1.165, 1.54) is 25.2 Å². The number of nitro benzene ring substituents is 1. The van der Waals surface area contributed by atoms with Gasteiger partial charge in [-0.25, -0.2) is 8.42 Å². The minimum Gasteiger partial charge on any atom is -0.258 e. The summed E-state index contributed by atoms with van der Waals surface area (Å²) >= 11 is 3.16. The first-order valence-corrected chi connectivity index (χ1v) is 8.95. The molecule has 0 aliphatic rings. The zero-order valence-electron chi connectivity index (χ0n) is 12.5. The van der Waals surface area contributed by atoms with Crippen LogP contribution < -0.4 is 0 Å². The number of nitrogens with zero attached hydrogens (tertiary/aromatic N) is 2. The van der Waals surface area contributed by atoms with Crippen LogP contribution in [-0.2, 0) is 10.0 Å². The molecule has 1 unspecified atom stereocenters. The molecule has 1 atom stereocenters. The van der Waals surface area contributed by atoms with Gasteiger partial charge in [-0.15, -0.1) is 0 Å². The Balaban J connectivity index is 2.50. The van der Waals surface area contributed by atoms with Crippen molar-refractivity contribution in [2.24, 2.45) is 0 Å². The number of nitro groups is 1. The van der Waals surface area contributed by atoms with Gasteiger partial charge in [-0.1, -0.05) is 46.3 Å². The van der Waals surface area contributed by atoms with Gasteiger partial charge in [0.15, 0.2) is 4.90 Å². The molecule has 0 saturated carbocycles. The molecule has 0 aliphatic carbocycles. The molecule has 0 spiro atoms. The van der Waals surface area contributed by atoms with Gasteiger partial charge in [0.1, 0.15) is 0 Å². The predicted molar refractivity (Wildman–Crippen MR) is 90.6 cm³/mol. The maximum absolute atomic E-state index is 12.8. The number of hydrogen-bond acceptors (Lipinski definition) is 4. The zero-order valence-corrected chi connectivity index (χ0v) is 14.9. The highest BCUT2D eigenvalue weighted by atomic mass is 79.9. The molecule has 0 aliphatic heterocycles. The summed E-state index contributed by atoms with van der Waals surface area (Å²) in [5.74, 6) is 0. The average molecular weight is 399 g/mol. The highest BCUT2D eigenvalue weighted by Gasteiger charge is 2.32. The number of hydrogen-bond donors (Lipinski definition) is 0. The maximum atomic E-state index is 12.8. The van der Waals surface area contributed by atoms with Crippen molar-refractivity contribution in [1.82, 2.24) is 4.31 Å². The van der Waals surface area contributed by atoms with Crippen molar-refractivity contribution in [2.45, 2.75) is 17.9 Å². The standard InChI is InChI=1S/C15H15BrN2O4S/c1-11(12-6-4-3-5-7-12)17(2)23(21,22)15-10-13(16)8-9-14(15)18(19)20/h3-11H,1-2H3. The normalized spacial score (nSPS) is 13.0. The van der Waals surface area contributed by atoms with E-state index in [4.69, 9.17) is 0 Å². The number of halogens is 1. The molecule has 8 heteroatoms. The van der Waals surface area contributed by atoms with Gasteiger partial charge in [-0.05, 0) is 24.6 Å². The molecule has 2 aromatic carbocycles. The molecule has 0 radical (unpaired) electrons. The summed E-state index contributed by atoms with van der Waals surface area (Å²) in [7, 11) is -2.61. The van der Waals surface area contributed by atoms with Gasteiger partial charge in [0.25, 0.3) is 5.69 Å². The van der Waals surface area contributed by atoms with Gasteiger partial charge < -0.3 is 0 Å². The van der Waals surface area contributed by atoms with Crippen LogP contribution >= 0.6 is 15.9 Å². The second-order valence-electron chi connectivity index (χ2n) is 4.98. The van der Waals surface area contributed by atoms with Crippen LogP contribution in [0, 0.1) is 10.1 Å². The monoisotopic (exact) mass is 398 g/mol. The summed E-state index contributed by atoms with van der Waals surface area (Å²) < 4.78 is 27.2. The van der Waals surface area contributed by atoms with Crippen LogP contribution in [0.25, 0.3) is 0 Å². The Morgan fingerprint density at radius 1 is 1.17 bits per heavy atom. The molecule has 2 rings (SSSR count). The minimum absolute atomic E-state index is 0.331. The summed E-state index contributed by atoms with van der Waals surface area (Å²) in [6.07, 6.45) is 0. The molecule has 0 saturated heterocycles. The zero-order chi connectivity index (χ0) is 17.2. The van der Waals surface area contributed by atoms with Gasteiger partial charge in [-0.2, -0.15) is 4.31 Å². The van der Waals surface area contributed by atoms with Crippen LogP contribution in [0.4, 0.5) is 5.69 Å². The van der Waals surface area contributed by atoms with E-state index >= 15 is 0 Å². The molecule has 0 amide bonds. The van der Waals surface area contributed by atoms with Crippen molar-refractivity contribution in [3.05, 3.63) is 68.7 Å². The van der Waals surface area contributed by atoms with E-state index in [0.29, 0.717) is 4.47 Å². The van der Waals surface area contributed by atoms with Crippen molar-refractivity contribution in [1.29, 1.82) is 0 Å². The van der Waals surface area contributed by atoms with E-state index in [-0.39, 0.29) is 4.90 Å². The lowest BCUT2D eigenvalue weighted by Crippen LogP contribution is -2.30. The second-order valence-corrected chi connectivity index (χ2v) is 7.86. The lowest BCUT2D eigenvalue weighted by atomic mass is 10.1. The molecular weight excluding hydrogens is 384 g/mol. The highest BCUT2D eigenvalue weighted by Crippen LogP contribution is 2.32. The van der Waals surface area contributed by atoms with Crippen molar-refractivity contribution in [3.8, 4) is 0 Å². The molecule has 0 bridgehead atoms. The van der Waals surface area contributed by atoms with E-state index in [9.17, 15) is 18.5 Å². The van der Waals surface area contributed by atoms with Crippen molar-refractivity contribution >= 4 is 31.6 Å². The van der Waals surface area contributed by atoms with Gasteiger partial charge in [0.2, 0.25) is 10.0 Å². The Morgan fingerprint density at radius 3 is 2.35 bits per heavy atom. The van der Waals surface area contributed by atoms with Crippen molar-refractivity contribution in [2.75, 3.05) is 7.05 Å². The van der Waals surface area contributed by atoms with Crippen LogP contribution in [0.1, 0.15) is 18.5 Å². The van der Waals surface area contributed by atoms with E-state index in [1.807, 2.05) is 30.3 Å². The molecule has 0 N–H and O–H groups in total. The summed E-state index contributed by atoms with van der Waals surface area (Å²) in [5, 5.41) is 11.1. The quantitative estimate of drug-likeness (QED) is 0.567.